The van der Waals surface area contributed by atoms with Crippen molar-refractivity contribution < 1.29 is 4.79 Å². The lowest BCUT2D eigenvalue weighted by atomic mass is 9.90. The van der Waals surface area contributed by atoms with Gasteiger partial charge in [-0.25, -0.2) is 0 Å². The van der Waals surface area contributed by atoms with Crippen LogP contribution < -0.4 is 5.32 Å². The van der Waals surface area contributed by atoms with Crippen molar-refractivity contribution in [3.63, 3.8) is 0 Å². The van der Waals surface area contributed by atoms with Crippen LogP contribution in [0.4, 0.5) is 0 Å². The zero-order valence-corrected chi connectivity index (χ0v) is 14.4. The molecule has 0 saturated carbocycles. The van der Waals surface area contributed by atoms with E-state index in [1.54, 1.807) is 0 Å². The minimum atomic E-state index is 0.362. The summed E-state index contributed by atoms with van der Waals surface area (Å²) in [6.07, 6.45) is 7.87. The number of amides is 1. The van der Waals surface area contributed by atoms with Crippen LogP contribution in [0.25, 0.3) is 0 Å². The molecule has 2 heterocycles. The molecule has 1 N–H and O–H groups in total. The van der Waals surface area contributed by atoms with E-state index in [9.17, 15) is 4.79 Å². The van der Waals surface area contributed by atoms with Crippen LogP contribution in [0.3, 0.4) is 0 Å². The molecule has 2 aliphatic rings. The normalized spacial score (nSPS) is 22.5. The predicted molar refractivity (Wildman–Crippen MR) is 94.4 cm³/mol. The molecular formula is C20H30N2O. The van der Waals surface area contributed by atoms with Crippen molar-refractivity contribution in [1.82, 2.24) is 10.2 Å². The summed E-state index contributed by atoms with van der Waals surface area (Å²) in [5.74, 6) is 1.14. The number of aryl methyl sites for hydroxylation is 2. The highest BCUT2D eigenvalue weighted by Gasteiger charge is 2.25. The number of benzene rings is 1. The van der Waals surface area contributed by atoms with Gasteiger partial charge in [-0.3, -0.25) is 4.79 Å². The molecule has 126 valence electrons. The van der Waals surface area contributed by atoms with Crippen molar-refractivity contribution in [2.24, 2.45) is 5.92 Å². The van der Waals surface area contributed by atoms with E-state index in [1.807, 2.05) is 0 Å². The van der Waals surface area contributed by atoms with Crippen LogP contribution in [0.2, 0.25) is 0 Å². The van der Waals surface area contributed by atoms with Crippen molar-refractivity contribution in [2.75, 3.05) is 19.6 Å². The lowest BCUT2D eigenvalue weighted by molar-refractivity contribution is -0.133. The minimum Gasteiger partial charge on any atom is -0.343 e. The Labute approximate surface area is 140 Å². The summed E-state index contributed by atoms with van der Waals surface area (Å²) in [6.45, 7) is 5.14. The van der Waals surface area contributed by atoms with E-state index in [2.05, 4.69) is 41.4 Å². The third-order valence-electron chi connectivity index (χ3n) is 5.51. The lowest BCUT2D eigenvalue weighted by Gasteiger charge is -2.32. The van der Waals surface area contributed by atoms with Gasteiger partial charge < -0.3 is 10.2 Å². The standard InChI is InChI=1S/C20H30N2O/c1-16-4-6-17(7-5-16)8-9-18-10-13-22(14-11-18)20(23)15-19-3-2-12-21-19/h4-7,18-19,21H,2-3,8-15H2,1H3. The maximum Gasteiger partial charge on any atom is 0.224 e. The zero-order valence-electron chi connectivity index (χ0n) is 14.4. The lowest BCUT2D eigenvalue weighted by Crippen LogP contribution is -2.41. The van der Waals surface area contributed by atoms with Gasteiger partial charge in [0.2, 0.25) is 5.91 Å². The van der Waals surface area contributed by atoms with Crippen molar-refractivity contribution in [1.29, 1.82) is 0 Å². The molecular weight excluding hydrogens is 284 g/mol. The van der Waals surface area contributed by atoms with Gasteiger partial charge >= 0.3 is 0 Å². The molecule has 2 fully saturated rings. The summed E-state index contributed by atoms with van der Waals surface area (Å²) in [5.41, 5.74) is 2.78. The van der Waals surface area contributed by atoms with E-state index in [0.717, 1.165) is 25.6 Å². The summed E-state index contributed by atoms with van der Waals surface area (Å²) in [4.78, 5) is 14.5. The summed E-state index contributed by atoms with van der Waals surface area (Å²) in [7, 11) is 0. The number of piperidine rings is 1. The molecule has 1 amide bonds. The smallest absolute Gasteiger partial charge is 0.224 e. The Morgan fingerprint density at radius 3 is 2.57 bits per heavy atom. The van der Waals surface area contributed by atoms with Crippen LogP contribution in [-0.4, -0.2) is 36.5 Å². The maximum absolute atomic E-state index is 12.4. The van der Waals surface area contributed by atoms with Crippen LogP contribution in [0.15, 0.2) is 24.3 Å². The van der Waals surface area contributed by atoms with E-state index in [4.69, 9.17) is 0 Å². The van der Waals surface area contributed by atoms with Crippen LogP contribution in [-0.2, 0) is 11.2 Å². The fourth-order valence-electron chi connectivity index (χ4n) is 3.87. The Morgan fingerprint density at radius 1 is 1.17 bits per heavy atom. The SMILES string of the molecule is Cc1ccc(CCC2CCN(C(=O)CC3CCCN3)CC2)cc1. The Balaban J connectivity index is 1.37. The van der Waals surface area contributed by atoms with Gasteiger partial charge in [-0.1, -0.05) is 29.8 Å². The van der Waals surface area contributed by atoms with Crippen molar-refractivity contribution in [2.45, 2.75) is 57.9 Å². The first-order valence-corrected chi connectivity index (χ1v) is 9.27. The van der Waals surface area contributed by atoms with Gasteiger partial charge in [-0.15, -0.1) is 0 Å². The van der Waals surface area contributed by atoms with Gasteiger partial charge in [0.25, 0.3) is 0 Å². The number of nitrogens with one attached hydrogen (secondary N) is 1. The maximum atomic E-state index is 12.4. The highest BCUT2D eigenvalue weighted by atomic mass is 16.2. The second-order valence-electron chi connectivity index (χ2n) is 7.35. The van der Waals surface area contributed by atoms with Crippen LogP contribution in [0.1, 0.15) is 49.7 Å². The fraction of sp³-hybridized carbons (Fsp3) is 0.650. The van der Waals surface area contributed by atoms with Crippen molar-refractivity contribution >= 4 is 5.91 Å². The van der Waals surface area contributed by atoms with E-state index in [0.29, 0.717) is 18.4 Å². The molecule has 1 aromatic rings. The van der Waals surface area contributed by atoms with Crippen molar-refractivity contribution in [3.05, 3.63) is 35.4 Å². The topological polar surface area (TPSA) is 32.3 Å². The van der Waals surface area contributed by atoms with Gasteiger partial charge in [0.15, 0.2) is 0 Å². The minimum absolute atomic E-state index is 0.362. The van der Waals surface area contributed by atoms with Gasteiger partial charge in [-0.05, 0) is 63.5 Å². The Hall–Kier alpha value is -1.35. The van der Waals surface area contributed by atoms with E-state index in [1.165, 1.54) is 49.7 Å². The fourth-order valence-corrected chi connectivity index (χ4v) is 3.87. The Kier molecular flexibility index (Phi) is 5.71. The number of carbonyl (C=O) groups excluding carboxylic acids is 1. The molecule has 2 saturated heterocycles. The summed E-state index contributed by atoms with van der Waals surface area (Å²) in [5, 5.41) is 3.43. The Bertz CT molecular complexity index is 497. The van der Waals surface area contributed by atoms with Crippen LogP contribution in [0, 0.1) is 12.8 Å². The Morgan fingerprint density at radius 2 is 1.91 bits per heavy atom. The molecule has 1 unspecified atom stereocenters. The molecule has 0 aromatic heterocycles. The molecule has 3 rings (SSSR count). The zero-order chi connectivity index (χ0) is 16.1. The summed E-state index contributed by atoms with van der Waals surface area (Å²) in [6, 6.07) is 9.34. The molecule has 0 spiro atoms. The number of hydrogen-bond acceptors (Lipinski definition) is 2. The number of likely N-dealkylation sites (tertiary alicyclic amines) is 1. The van der Waals surface area contributed by atoms with E-state index in [-0.39, 0.29) is 0 Å². The molecule has 0 bridgehead atoms. The molecule has 23 heavy (non-hydrogen) atoms. The average molecular weight is 314 g/mol. The first-order chi connectivity index (χ1) is 11.2. The number of hydrogen-bond donors (Lipinski definition) is 1. The number of nitrogens with zero attached hydrogens (tertiary/aromatic N) is 1. The van der Waals surface area contributed by atoms with Gasteiger partial charge in [0.1, 0.15) is 0 Å². The monoisotopic (exact) mass is 314 g/mol. The van der Waals surface area contributed by atoms with Crippen molar-refractivity contribution in [3.8, 4) is 0 Å². The molecule has 0 radical (unpaired) electrons. The number of rotatable bonds is 5. The predicted octanol–water partition coefficient (Wildman–Crippen LogP) is 3.31. The van der Waals surface area contributed by atoms with Crippen LogP contribution >= 0.6 is 0 Å². The first kappa shape index (κ1) is 16.5. The first-order valence-electron chi connectivity index (χ1n) is 9.27. The third-order valence-corrected chi connectivity index (χ3v) is 5.51. The molecule has 0 aliphatic carbocycles. The van der Waals surface area contributed by atoms with E-state index < -0.39 is 0 Å². The summed E-state index contributed by atoms with van der Waals surface area (Å²) < 4.78 is 0. The molecule has 1 aromatic carbocycles. The van der Waals surface area contributed by atoms with Crippen LogP contribution in [0.5, 0.6) is 0 Å². The largest absolute Gasteiger partial charge is 0.343 e. The highest BCUT2D eigenvalue weighted by Crippen LogP contribution is 2.23. The molecule has 3 heteroatoms. The summed E-state index contributed by atoms with van der Waals surface area (Å²) >= 11 is 0. The second-order valence-corrected chi connectivity index (χ2v) is 7.35. The highest BCUT2D eigenvalue weighted by molar-refractivity contribution is 5.77. The van der Waals surface area contributed by atoms with Gasteiger partial charge in [0, 0.05) is 25.6 Å². The second kappa shape index (κ2) is 7.96. The molecule has 2 aliphatic heterocycles. The quantitative estimate of drug-likeness (QED) is 0.904. The van der Waals surface area contributed by atoms with Gasteiger partial charge in [0.05, 0.1) is 0 Å². The third kappa shape index (κ3) is 4.81. The molecule has 1 atom stereocenters. The van der Waals surface area contributed by atoms with Gasteiger partial charge in [-0.2, -0.15) is 0 Å². The number of carbonyl (C=O) groups is 1. The molecule has 3 nitrogen and oxygen atoms in total. The average Bonchev–Trinajstić information content (AvgIpc) is 3.08. The van der Waals surface area contributed by atoms with E-state index >= 15 is 0 Å².